The van der Waals surface area contributed by atoms with Crippen LogP contribution in [0, 0.1) is 5.92 Å². The zero-order valence-electron chi connectivity index (χ0n) is 12.3. The zero-order valence-corrected chi connectivity index (χ0v) is 12.3. The van der Waals surface area contributed by atoms with Gasteiger partial charge in [-0.2, -0.15) is 0 Å². The van der Waals surface area contributed by atoms with Crippen molar-refractivity contribution < 1.29 is 19.7 Å². The number of aromatic hydroxyl groups is 1. The molecule has 2 N–H and O–H groups in total. The molecule has 1 rings (SSSR count). The number of carboxylic acids is 1. The molecule has 4 heteroatoms. The second-order valence-electron chi connectivity index (χ2n) is 5.12. The topological polar surface area (TPSA) is 66.8 Å². The van der Waals surface area contributed by atoms with Crippen LogP contribution in [0.5, 0.6) is 11.5 Å². The Labute approximate surface area is 120 Å². The van der Waals surface area contributed by atoms with Crippen molar-refractivity contribution in [1.29, 1.82) is 0 Å². The number of carbonyl (C=O) groups is 1. The molecule has 4 nitrogen and oxygen atoms in total. The molecule has 0 spiro atoms. The molecule has 112 valence electrons. The smallest absolute Gasteiger partial charge is 0.303 e. The summed E-state index contributed by atoms with van der Waals surface area (Å²) in [6.45, 7) is 2.15. The summed E-state index contributed by atoms with van der Waals surface area (Å²) in [4.78, 5) is 10.5. The van der Waals surface area contributed by atoms with Crippen LogP contribution in [0.1, 0.15) is 44.6 Å². The van der Waals surface area contributed by atoms with Gasteiger partial charge in [0.25, 0.3) is 0 Å². The highest BCUT2D eigenvalue weighted by atomic mass is 16.5. The minimum absolute atomic E-state index is 0.158. The average Bonchev–Trinajstić information content (AvgIpc) is 2.43. The molecule has 20 heavy (non-hydrogen) atoms. The first-order valence-electron chi connectivity index (χ1n) is 7.14. The highest BCUT2D eigenvalue weighted by Crippen LogP contribution is 2.28. The first-order chi connectivity index (χ1) is 9.56. The number of rotatable bonds is 9. The van der Waals surface area contributed by atoms with Crippen LogP contribution in [0.15, 0.2) is 18.2 Å². The van der Waals surface area contributed by atoms with E-state index in [2.05, 4.69) is 6.92 Å². The normalized spacial score (nSPS) is 12.1. The summed E-state index contributed by atoms with van der Waals surface area (Å²) in [5.74, 6) is 0.480. The fourth-order valence-corrected chi connectivity index (χ4v) is 2.34. The molecule has 0 aliphatic carbocycles. The molecule has 0 aromatic heterocycles. The van der Waals surface area contributed by atoms with Crippen molar-refractivity contribution >= 4 is 5.97 Å². The van der Waals surface area contributed by atoms with Crippen molar-refractivity contribution in [2.24, 2.45) is 5.92 Å². The summed E-state index contributed by atoms with van der Waals surface area (Å²) in [7, 11) is 1.54. The van der Waals surface area contributed by atoms with E-state index >= 15 is 0 Å². The van der Waals surface area contributed by atoms with E-state index in [1.165, 1.54) is 0 Å². The van der Waals surface area contributed by atoms with Gasteiger partial charge in [0.1, 0.15) is 0 Å². The van der Waals surface area contributed by atoms with Crippen LogP contribution in [0.25, 0.3) is 0 Å². The van der Waals surface area contributed by atoms with Gasteiger partial charge < -0.3 is 14.9 Å². The van der Waals surface area contributed by atoms with Crippen LogP contribution in [0.4, 0.5) is 0 Å². The van der Waals surface area contributed by atoms with E-state index < -0.39 is 5.97 Å². The predicted molar refractivity (Wildman–Crippen MR) is 78.2 cm³/mol. The molecule has 0 fully saturated rings. The van der Waals surface area contributed by atoms with E-state index in [0.717, 1.165) is 37.7 Å². The maximum Gasteiger partial charge on any atom is 0.303 e. The number of ether oxygens (including phenoxy) is 1. The highest BCUT2D eigenvalue weighted by Gasteiger charge is 2.10. The van der Waals surface area contributed by atoms with Gasteiger partial charge in [-0.1, -0.05) is 32.3 Å². The third kappa shape index (κ3) is 5.51. The Morgan fingerprint density at radius 2 is 2.10 bits per heavy atom. The summed E-state index contributed by atoms with van der Waals surface area (Å²) in [6.07, 6.45) is 4.97. The molecule has 0 aliphatic heterocycles. The van der Waals surface area contributed by atoms with Gasteiger partial charge in [-0.05, 0) is 36.5 Å². The van der Waals surface area contributed by atoms with Gasteiger partial charge in [0, 0.05) is 6.42 Å². The van der Waals surface area contributed by atoms with Crippen LogP contribution in [0.3, 0.4) is 0 Å². The number of benzene rings is 1. The van der Waals surface area contributed by atoms with Gasteiger partial charge in [0.15, 0.2) is 11.5 Å². The van der Waals surface area contributed by atoms with E-state index in [9.17, 15) is 9.90 Å². The fraction of sp³-hybridized carbons (Fsp3) is 0.562. The Balaban J connectivity index is 2.49. The highest BCUT2D eigenvalue weighted by molar-refractivity contribution is 5.66. The van der Waals surface area contributed by atoms with Crippen molar-refractivity contribution in [3.8, 4) is 11.5 Å². The Morgan fingerprint density at radius 1 is 1.35 bits per heavy atom. The third-order valence-electron chi connectivity index (χ3n) is 3.60. The quantitative estimate of drug-likeness (QED) is 0.678. The van der Waals surface area contributed by atoms with Crippen LogP contribution in [-0.2, 0) is 11.2 Å². The number of phenols is 1. The number of unbranched alkanes of at least 4 members (excludes halogenated alkanes) is 1. The van der Waals surface area contributed by atoms with E-state index in [4.69, 9.17) is 9.84 Å². The number of carboxylic acid groups (broad SMARTS) is 1. The van der Waals surface area contributed by atoms with E-state index in [0.29, 0.717) is 11.7 Å². The first kappa shape index (κ1) is 16.3. The minimum atomic E-state index is -0.721. The van der Waals surface area contributed by atoms with Crippen molar-refractivity contribution in [2.75, 3.05) is 7.11 Å². The lowest BCUT2D eigenvalue weighted by molar-refractivity contribution is -0.137. The monoisotopic (exact) mass is 280 g/mol. The fourth-order valence-electron chi connectivity index (χ4n) is 2.34. The van der Waals surface area contributed by atoms with Gasteiger partial charge in [0.05, 0.1) is 7.11 Å². The van der Waals surface area contributed by atoms with Crippen LogP contribution in [0.2, 0.25) is 0 Å². The number of hydrogen-bond acceptors (Lipinski definition) is 3. The number of aliphatic carboxylic acids is 1. The molecule has 1 aromatic rings. The minimum Gasteiger partial charge on any atom is -0.504 e. The number of phenolic OH excluding ortho intramolecular Hbond substituents is 1. The Bertz CT molecular complexity index is 428. The van der Waals surface area contributed by atoms with Crippen molar-refractivity contribution in [2.45, 2.75) is 45.4 Å². The molecular weight excluding hydrogens is 256 g/mol. The van der Waals surface area contributed by atoms with Gasteiger partial charge >= 0.3 is 5.97 Å². The lowest BCUT2D eigenvalue weighted by atomic mass is 9.91. The summed E-state index contributed by atoms with van der Waals surface area (Å²) < 4.78 is 5.11. The van der Waals surface area contributed by atoms with E-state index in [1.807, 2.05) is 12.1 Å². The first-order valence-corrected chi connectivity index (χ1v) is 7.14. The molecule has 0 bridgehead atoms. The van der Waals surface area contributed by atoms with E-state index in [-0.39, 0.29) is 12.2 Å². The standard InChI is InChI=1S/C16H24O4/c1-3-12(6-4-5-7-16(18)19)10-13-8-9-14(17)15(11-13)20-2/h8-9,11-12,17H,3-7,10H2,1-2H3,(H,18,19). The van der Waals surface area contributed by atoms with Crippen LogP contribution >= 0.6 is 0 Å². The van der Waals surface area contributed by atoms with Gasteiger partial charge in [0.2, 0.25) is 0 Å². The summed E-state index contributed by atoms with van der Waals surface area (Å²) in [5, 5.41) is 18.2. The lowest BCUT2D eigenvalue weighted by Crippen LogP contribution is -2.04. The SMILES string of the molecule is CCC(CCCCC(=O)O)Cc1ccc(O)c(OC)c1. The molecule has 0 heterocycles. The van der Waals surface area contributed by atoms with Crippen molar-refractivity contribution in [3.05, 3.63) is 23.8 Å². The summed E-state index contributed by atoms with van der Waals surface area (Å²) in [5.41, 5.74) is 1.14. The maximum atomic E-state index is 10.5. The Kier molecular flexibility index (Phi) is 6.91. The predicted octanol–water partition coefficient (Wildman–Crippen LogP) is 3.61. The number of methoxy groups -OCH3 is 1. The van der Waals surface area contributed by atoms with E-state index in [1.54, 1.807) is 13.2 Å². The molecule has 0 saturated heterocycles. The van der Waals surface area contributed by atoms with Gasteiger partial charge in [-0.15, -0.1) is 0 Å². The molecule has 0 aliphatic rings. The largest absolute Gasteiger partial charge is 0.504 e. The molecule has 0 radical (unpaired) electrons. The molecule has 1 unspecified atom stereocenters. The summed E-state index contributed by atoms with van der Waals surface area (Å²) >= 11 is 0. The van der Waals surface area contributed by atoms with Gasteiger partial charge in [-0.3, -0.25) is 4.79 Å². The van der Waals surface area contributed by atoms with Crippen molar-refractivity contribution in [1.82, 2.24) is 0 Å². The van der Waals surface area contributed by atoms with Crippen molar-refractivity contribution in [3.63, 3.8) is 0 Å². The average molecular weight is 280 g/mol. The third-order valence-corrected chi connectivity index (χ3v) is 3.60. The Hall–Kier alpha value is -1.71. The number of hydrogen-bond donors (Lipinski definition) is 2. The summed E-state index contributed by atoms with van der Waals surface area (Å²) in [6, 6.07) is 5.44. The second-order valence-corrected chi connectivity index (χ2v) is 5.12. The van der Waals surface area contributed by atoms with Crippen LogP contribution in [-0.4, -0.2) is 23.3 Å². The zero-order chi connectivity index (χ0) is 15.0. The second kappa shape index (κ2) is 8.46. The molecule has 0 amide bonds. The lowest BCUT2D eigenvalue weighted by Gasteiger charge is -2.15. The molecular formula is C16H24O4. The molecule has 1 atom stereocenters. The maximum absolute atomic E-state index is 10.5. The van der Waals surface area contributed by atoms with Crippen LogP contribution < -0.4 is 4.74 Å². The Morgan fingerprint density at radius 3 is 2.70 bits per heavy atom. The molecule has 0 saturated carbocycles. The molecule has 1 aromatic carbocycles. The van der Waals surface area contributed by atoms with Gasteiger partial charge in [-0.25, -0.2) is 0 Å².